The second kappa shape index (κ2) is 11.9. The summed E-state index contributed by atoms with van der Waals surface area (Å²) >= 11 is 0. The maximum Gasteiger partial charge on any atom is 0.329 e. The molecule has 0 spiro atoms. The zero-order valence-corrected chi connectivity index (χ0v) is 21.3. The summed E-state index contributed by atoms with van der Waals surface area (Å²) in [7, 11) is 0. The van der Waals surface area contributed by atoms with E-state index in [9.17, 15) is 24.5 Å². The monoisotopic (exact) mass is 530 g/mol. The second-order valence-electron chi connectivity index (χ2n) is 8.65. The number of carbonyl (C=O) groups excluding carboxylic acids is 3. The van der Waals surface area contributed by atoms with Crippen molar-refractivity contribution < 1.29 is 28.8 Å². The number of hydrogen-bond donors (Lipinski definition) is 2. The minimum absolute atomic E-state index is 0.00911. The molecule has 0 atom stereocenters. The minimum atomic E-state index is -0.696. The molecule has 11 nitrogen and oxygen atoms in total. The summed E-state index contributed by atoms with van der Waals surface area (Å²) < 4.78 is 11.5. The number of nitro benzene ring substituents is 1. The van der Waals surface area contributed by atoms with Gasteiger partial charge in [0, 0.05) is 17.8 Å². The van der Waals surface area contributed by atoms with Crippen LogP contribution in [0.1, 0.15) is 23.6 Å². The molecule has 0 radical (unpaired) electrons. The summed E-state index contributed by atoms with van der Waals surface area (Å²) in [6.07, 6.45) is 1.49. The van der Waals surface area contributed by atoms with Crippen molar-refractivity contribution in [2.75, 3.05) is 18.5 Å². The molecule has 2 N–H and O–H groups in total. The molecule has 39 heavy (non-hydrogen) atoms. The van der Waals surface area contributed by atoms with E-state index >= 15 is 0 Å². The molecule has 3 aromatic rings. The summed E-state index contributed by atoms with van der Waals surface area (Å²) in [5.74, 6) is -0.277. The molecule has 0 aromatic heterocycles. The zero-order valence-electron chi connectivity index (χ0n) is 21.3. The molecule has 1 aliphatic rings. The third-order valence-electron chi connectivity index (χ3n) is 5.72. The number of carbonyl (C=O) groups is 3. The van der Waals surface area contributed by atoms with E-state index in [0.717, 1.165) is 16.0 Å². The number of imide groups is 1. The number of non-ortho nitro benzene ring substituents is 1. The van der Waals surface area contributed by atoms with E-state index in [1.54, 1.807) is 42.5 Å². The van der Waals surface area contributed by atoms with E-state index in [0.29, 0.717) is 29.4 Å². The number of benzene rings is 3. The summed E-state index contributed by atoms with van der Waals surface area (Å²) in [5.41, 5.74) is 2.91. The highest BCUT2D eigenvalue weighted by Gasteiger charge is 2.35. The van der Waals surface area contributed by atoms with Crippen LogP contribution in [0.2, 0.25) is 0 Å². The first-order valence-electron chi connectivity index (χ1n) is 12.1. The lowest BCUT2D eigenvalue weighted by Crippen LogP contribution is -2.38. The lowest BCUT2D eigenvalue weighted by molar-refractivity contribution is -0.384. The number of nitrogens with one attached hydrogen (secondary N) is 2. The van der Waals surface area contributed by atoms with E-state index in [2.05, 4.69) is 10.6 Å². The fourth-order valence-electron chi connectivity index (χ4n) is 3.74. The molecule has 4 rings (SSSR count). The number of rotatable bonds is 10. The third-order valence-corrected chi connectivity index (χ3v) is 5.72. The zero-order chi connectivity index (χ0) is 27.9. The smallest absolute Gasteiger partial charge is 0.329 e. The lowest BCUT2D eigenvalue weighted by atomic mass is 10.1. The van der Waals surface area contributed by atoms with Gasteiger partial charge in [-0.25, -0.2) is 9.69 Å². The van der Waals surface area contributed by atoms with Gasteiger partial charge in [-0.05, 0) is 67.4 Å². The molecule has 0 bridgehead atoms. The van der Waals surface area contributed by atoms with Crippen LogP contribution < -0.4 is 20.1 Å². The summed E-state index contributed by atoms with van der Waals surface area (Å²) in [6, 6.07) is 17.5. The maximum atomic E-state index is 12.9. The molecule has 11 heteroatoms. The molecular formula is C28H26N4O7. The Morgan fingerprint density at radius 1 is 1.03 bits per heavy atom. The quantitative estimate of drug-likeness (QED) is 0.171. The number of nitrogens with zero attached hydrogens (tertiary/aromatic N) is 2. The Morgan fingerprint density at radius 3 is 2.41 bits per heavy atom. The maximum absolute atomic E-state index is 12.9. The molecule has 3 aromatic carbocycles. The van der Waals surface area contributed by atoms with Gasteiger partial charge >= 0.3 is 6.03 Å². The van der Waals surface area contributed by atoms with E-state index in [4.69, 9.17) is 9.47 Å². The Bertz CT molecular complexity index is 1430. The number of hydrogen-bond acceptors (Lipinski definition) is 7. The fraction of sp³-hybridized carbons (Fsp3) is 0.179. The molecule has 0 aliphatic carbocycles. The minimum Gasteiger partial charge on any atom is -0.490 e. The third kappa shape index (κ3) is 6.77. The highest BCUT2D eigenvalue weighted by atomic mass is 16.6. The molecule has 1 saturated heterocycles. The van der Waals surface area contributed by atoms with E-state index in [1.807, 2.05) is 26.0 Å². The summed E-state index contributed by atoms with van der Waals surface area (Å²) in [5, 5.41) is 16.0. The van der Waals surface area contributed by atoms with Crippen molar-refractivity contribution >= 4 is 35.3 Å². The Balaban J connectivity index is 1.43. The normalized spacial score (nSPS) is 13.8. The lowest BCUT2D eigenvalue weighted by Gasteiger charge is -2.13. The van der Waals surface area contributed by atoms with E-state index in [1.165, 1.54) is 18.2 Å². The summed E-state index contributed by atoms with van der Waals surface area (Å²) in [4.78, 5) is 48.9. The van der Waals surface area contributed by atoms with Gasteiger partial charge in [-0.15, -0.1) is 0 Å². The number of urea groups is 1. The molecular weight excluding hydrogens is 504 g/mol. The second-order valence-corrected chi connectivity index (χ2v) is 8.65. The van der Waals surface area contributed by atoms with Crippen LogP contribution >= 0.6 is 0 Å². The number of amides is 4. The predicted molar refractivity (Wildman–Crippen MR) is 143 cm³/mol. The molecule has 0 unspecified atom stereocenters. The number of anilines is 1. The first-order chi connectivity index (χ1) is 18.7. The Labute approximate surface area is 224 Å². The number of ether oxygens (including phenoxy) is 2. The largest absolute Gasteiger partial charge is 0.490 e. The van der Waals surface area contributed by atoms with Crippen molar-refractivity contribution in [2.45, 2.75) is 20.5 Å². The van der Waals surface area contributed by atoms with Crippen molar-refractivity contribution in [1.29, 1.82) is 0 Å². The van der Waals surface area contributed by atoms with Crippen LogP contribution in [0.4, 0.5) is 16.2 Å². The van der Waals surface area contributed by atoms with Crippen molar-refractivity contribution in [3.05, 3.63) is 99.2 Å². The molecule has 4 amide bonds. The van der Waals surface area contributed by atoms with Gasteiger partial charge in [-0.2, -0.15) is 0 Å². The topological polar surface area (TPSA) is 140 Å². The van der Waals surface area contributed by atoms with Crippen LogP contribution in [-0.4, -0.2) is 40.8 Å². The molecule has 1 aliphatic heterocycles. The van der Waals surface area contributed by atoms with Gasteiger partial charge in [0.2, 0.25) is 5.91 Å². The SMILES string of the molecule is CCOc1cc(/C=C2/NC(=O)N(CC(=O)Nc3ccc(C)cc3)C2=O)ccc1OCc1ccc([N+](=O)[O-])cc1. The van der Waals surface area contributed by atoms with Crippen molar-refractivity contribution in [2.24, 2.45) is 0 Å². The Kier molecular flexibility index (Phi) is 8.20. The average Bonchev–Trinajstić information content (AvgIpc) is 3.17. The summed E-state index contributed by atoms with van der Waals surface area (Å²) in [6.45, 7) is 3.81. The van der Waals surface area contributed by atoms with Crippen LogP contribution in [0.5, 0.6) is 11.5 Å². The number of nitro groups is 1. The predicted octanol–water partition coefficient (Wildman–Crippen LogP) is 4.41. The first-order valence-corrected chi connectivity index (χ1v) is 12.1. The van der Waals surface area contributed by atoms with Crippen molar-refractivity contribution in [3.8, 4) is 11.5 Å². The van der Waals surface area contributed by atoms with Crippen LogP contribution in [0, 0.1) is 17.0 Å². The fourth-order valence-corrected chi connectivity index (χ4v) is 3.74. The highest BCUT2D eigenvalue weighted by Crippen LogP contribution is 2.30. The van der Waals surface area contributed by atoms with Gasteiger partial charge in [-0.1, -0.05) is 23.8 Å². The van der Waals surface area contributed by atoms with Crippen LogP contribution in [0.15, 0.2) is 72.4 Å². The van der Waals surface area contributed by atoms with Gasteiger partial charge in [0.15, 0.2) is 11.5 Å². The van der Waals surface area contributed by atoms with Crippen molar-refractivity contribution in [1.82, 2.24) is 10.2 Å². The molecule has 200 valence electrons. The Hall–Kier alpha value is -5.19. The van der Waals surface area contributed by atoms with Crippen molar-refractivity contribution in [3.63, 3.8) is 0 Å². The van der Waals surface area contributed by atoms with Gasteiger partial charge in [0.1, 0.15) is 18.8 Å². The van der Waals surface area contributed by atoms with E-state index in [-0.39, 0.29) is 18.0 Å². The van der Waals surface area contributed by atoms with Crippen LogP contribution in [0.25, 0.3) is 6.08 Å². The van der Waals surface area contributed by atoms with Gasteiger partial charge < -0.3 is 20.1 Å². The van der Waals surface area contributed by atoms with Gasteiger partial charge in [0.05, 0.1) is 11.5 Å². The van der Waals surface area contributed by atoms with Crippen LogP contribution in [0.3, 0.4) is 0 Å². The average molecular weight is 531 g/mol. The van der Waals surface area contributed by atoms with E-state index < -0.39 is 29.3 Å². The number of aryl methyl sites for hydroxylation is 1. The van der Waals surface area contributed by atoms with Gasteiger partial charge in [-0.3, -0.25) is 19.7 Å². The highest BCUT2D eigenvalue weighted by molar-refractivity contribution is 6.16. The Morgan fingerprint density at radius 2 is 1.74 bits per heavy atom. The van der Waals surface area contributed by atoms with Gasteiger partial charge in [0.25, 0.3) is 11.6 Å². The molecule has 1 fully saturated rings. The standard InChI is InChI=1S/C28H26N4O7/c1-3-38-25-15-20(8-13-24(25)39-17-19-6-11-22(12-7-19)32(36)37)14-23-27(34)31(28(35)30-23)16-26(33)29-21-9-4-18(2)5-10-21/h4-15H,3,16-17H2,1-2H3,(H,29,33)(H,30,35)/b23-14+. The van der Waals surface area contributed by atoms with Crippen LogP contribution in [-0.2, 0) is 16.2 Å². The molecule has 1 heterocycles. The first kappa shape index (κ1) is 26.9. The molecule has 0 saturated carbocycles.